The highest BCUT2D eigenvalue weighted by Crippen LogP contribution is 2.23. The molecule has 0 fully saturated rings. The standard InChI is InChI=1S/C22H16F2IN3O2/c1-30-15-8-5-13(6-9-15)12-26-22-27-19-10-7-14(25)11-16(19)21(29)28(22)20-17(23)3-2-4-18(20)24/h2-11H,12H2,1H3,(H,26,27). The van der Waals surface area contributed by atoms with Crippen LogP contribution in [0.1, 0.15) is 5.56 Å². The number of ether oxygens (including phenoxy) is 1. The van der Waals surface area contributed by atoms with Crippen molar-refractivity contribution in [1.82, 2.24) is 9.55 Å². The molecule has 0 aliphatic heterocycles. The molecule has 0 bridgehead atoms. The van der Waals surface area contributed by atoms with E-state index in [1.54, 1.807) is 31.4 Å². The molecule has 4 aromatic rings. The molecule has 0 spiro atoms. The second-order valence-electron chi connectivity index (χ2n) is 6.51. The number of halogens is 3. The highest BCUT2D eigenvalue weighted by Gasteiger charge is 2.19. The van der Waals surface area contributed by atoms with Gasteiger partial charge in [-0.3, -0.25) is 4.79 Å². The van der Waals surface area contributed by atoms with Crippen LogP contribution < -0.4 is 15.6 Å². The molecule has 0 aliphatic carbocycles. The molecule has 0 unspecified atom stereocenters. The topological polar surface area (TPSA) is 56.1 Å². The lowest BCUT2D eigenvalue weighted by Gasteiger charge is -2.16. The van der Waals surface area contributed by atoms with Crippen molar-refractivity contribution in [2.24, 2.45) is 0 Å². The van der Waals surface area contributed by atoms with Crippen LogP contribution in [0.25, 0.3) is 16.6 Å². The Kier molecular flexibility index (Phi) is 5.67. The van der Waals surface area contributed by atoms with Crippen LogP contribution in [0, 0.1) is 15.2 Å². The minimum atomic E-state index is -0.851. The SMILES string of the molecule is COc1ccc(CNc2nc3ccc(I)cc3c(=O)n2-c2c(F)cccc2F)cc1. The van der Waals surface area contributed by atoms with Crippen LogP contribution in [0.5, 0.6) is 5.75 Å². The second kappa shape index (κ2) is 8.39. The lowest BCUT2D eigenvalue weighted by atomic mass is 10.2. The molecule has 0 saturated heterocycles. The van der Waals surface area contributed by atoms with E-state index in [0.29, 0.717) is 17.8 Å². The summed E-state index contributed by atoms with van der Waals surface area (Å²) in [6.45, 7) is 0.294. The molecule has 0 amide bonds. The van der Waals surface area contributed by atoms with E-state index in [-0.39, 0.29) is 11.3 Å². The van der Waals surface area contributed by atoms with Crippen LogP contribution in [0.4, 0.5) is 14.7 Å². The van der Waals surface area contributed by atoms with E-state index in [9.17, 15) is 13.6 Å². The number of rotatable bonds is 5. The molecule has 0 radical (unpaired) electrons. The summed E-state index contributed by atoms with van der Waals surface area (Å²) in [5, 5.41) is 3.32. The van der Waals surface area contributed by atoms with Gasteiger partial charge in [0, 0.05) is 10.1 Å². The van der Waals surface area contributed by atoms with Crippen LogP contribution in [0.2, 0.25) is 0 Å². The lowest BCUT2D eigenvalue weighted by molar-refractivity contribution is 0.414. The summed E-state index contributed by atoms with van der Waals surface area (Å²) >= 11 is 2.07. The number of aromatic nitrogens is 2. The Labute approximate surface area is 184 Å². The van der Waals surface area contributed by atoms with Crippen molar-refractivity contribution < 1.29 is 13.5 Å². The lowest BCUT2D eigenvalue weighted by Crippen LogP contribution is -2.25. The number of para-hydroxylation sites is 1. The van der Waals surface area contributed by atoms with Crippen LogP contribution >= 0.6 is 22.6 Å². The van der Waals surface area contributed by atoms with Gasteiger partial charge >= 0.3 is 0 Å². The number of hydrogen-bond acceptors (Lipinski definition) is 4. The molecule has 8 heteroatoms. The largest absolute Gasteiger partial charge is 0.497 e. The number of nitrogens with zero attached hydrogens (tertiary/aromatic N) is 2. The zero-order valence-corrected chi connectivity index (χ0v) is 18.0. The Morgan fingerprint density at radius 1 is 1.07 bits per heavy atom. The highest BCUT2D eigenvalue weighted by molar-refractivity contribution is 14.1. The van der Waals surface area contributed by atoms with E-state index in [2.05, 4.69) is 32.9 Å². The van der Waals surface area contributed by atoms with Crippen molar-refractivity contribution in [3.63, 3.8) is 0 Å². The van der Waals surface area contributed by atoms with Gasteiger partial charge in [-0.15, -0.1) is 0 Å². The summed E-state index contributed by atoms with van der Waals surface area (Å²) in [7, 11) is 1.58. The van der Waals surface area contributed by atoms with E-state index in [4.69, 9.17) is 4.74 Å². The summed E-state index contributed by atoms with van der Waals surface area (Å²) in [5.41, 5.74) is 0.298. The minimum absolute atomic E-state index is 0.0496. The molecule has 0 saturated carbocycles. The number of nitrogens with one attached hydrogen (secondary N) is 1. The average Bonchev–Trinajstić information content (AvgIpc) is 2.74. The summed E-state index contributed by atoms with van der Waals surface area (Å²) in [4.78, 5) is 17.7. The number of anilines is 1. The minimum Gasteiger partial charge on any atom is -0.497 e. The number of benzene rings is 3. The maximum absolute atomic E-state index is 14.6. The first-order valence-corrected chi connectivity index (χ1v) is 10.1. The molecule has 1 N–H and O–H groups in total. The second-order valence-corrected chi connectivity index (χ2v) is 7.75. The Bertz CT molecular complexity index is 1270. The fourth-order valence-corrected chi connectivity index (χ4v) is 3.60. The van der Waals surface area contributed by atoms with Crippen molar-refractivity contribution in [3.05, 3.63) is 91.8 Å². The van der Waals surface area contributed by atoms with Gasteiger partial charge in [-0.05, 0) is 70.6 Å². The predicted octanol–water partition coefficient (Wildman–Crippen LogP) is 4.89. The Morgan fingerprint density at radius 2 is 1.77 bits per heavy atom. The predicted molar refractivity (Wildman–Crippen MR) is 120 cm³/mol. The Hall–Kier alpha value is -3.01. The van der Waals surface area contributed by atoms with Crippen LogP contribution in [-0.2, 0) is 6.54 Å². The van der Waals surface area contributed by atoms with Crippen LogP contribution in [0.3, 0.4) is 0 Å². The molecule has 30 heavy (non-hydrogen) atoms. The van der Waals surface area contributed by atoms with Gasteiger partial charge in [0.1, 0.15) is 23.1 Å². The molecule has 5 nitrogen and oxygen atoms in total. The summed E-state index contributed by atoms with van der Waals surface area (Å²) in [5.74, 6) is -0.941. The molecule has 0 aliphatic rings. The normalized spacial score (nSPS) is 10.9. The molecule has 4 rings (SSSR count). The van der Waals surface area contributed by atoms with Crippen LogP contribution in [-0.4, -0.2) is 16.7 Å². The zero-order chi connectivity index (χ0) is 21.3. The van der Waals surface area contributed by atoms with E-state index in [1.807, 2.05) is 18.2 Å². The van der Waals surface area contributed by atoms with Gasteiger partial charge < -0.3 is 10.1 Å². The van der Waals surface area contributed by atoms with E-state index >= 15 is 0 Å². The van der Waals surface area contributed by atoms with Gasteiger partial charge in [0.15, 0.2) is 0 Å². The van der Waals surface area contributed by atoms with Crippen molar-refractivity contribution >= 4 is 39.4 Å². The molecular formula is C22H16F2IN3O2. The highest BCUT2D eigenvalue weighted by atomic mass is 127. The smallest absolute Gasteiger partial charge is 0.267 e. The third kappa shape index (κ3) is 3.87. The first-order valence-electron chi connectivity index (χ1n) is 9.01. The number of hydrogen-bond donors (Lipinski definition) is 1. The first-order chi connectivity index (χ1) is 14.5. The molecule has 1 aromatic heterocycles. The van der Waals surface area contributed by atoms with Gasteiger partial charge in [0.2, 0.25) is 5.95 Å². The van der Waals surface area contributed by atoms with E-state index in [1.165, 1.54) is 6.07 Å². The third-order valence-electron chi connectivity index (χ3n) is 4.60. The summed E-state index contributed by atoms with van der Waals surface area (Å²) < 4.78 is 36.0. The Balaban J connectivity index is 1.86. The van der Waals surface area contributed by atoms with Gasteiger partial charge in [0.05, 0.1) is 18.0 Å². The van der Waals surface area contributed by atoms with Crippen molar-refractivity contribution in [1.29, 1.82) is 0 Å². The Morgan fingerprint density at radius 3 is 2.43 bits per heavy atom. The number of fused-ring (bicyclic) bond motifs is 1. The first kappa shape index (κ1) is 20.3. The fourth-order valence-electron chi connectivity index (χ4n) is 3.11. The van der Waals surface area contributed by atoms with Gasteiger partial charge in [0.25, 0.3) is 5.56 Å². The van der Waals surface area contributed by atoms with Crippen LogP contribution in [0.15, 0.2) is 65.5 Å². The summed E-state index contributed by atoms with van der Waals surface area (Å²) in [6.07, 6.45) is 0. The maximum Gasteiger partial charge on any atom is 0.267 e. The monoisotopic (exact) mass is 519 g/mol. The average molecular weight is 519 g/mol. The quantitative estimate of drug-likeness (QED) is 0.382. The molecule has 1 heterocycles. The van der Waals surface area contributed by atoms with Crippen molar-refractivity contribution in [2.45, 2.75) is 6.54 Å². The van der Waals surface area contributed by atoms with Crippen molar-refractivity contribution in [3.8, 4) is 11.4 Å². The van der Waals surface area contributed by atoms with Gasteiger partial charge in [-0.25, -0.2) is 18.3 Å². The van der Waals surface area contributed by atoms with Gasteiger partial charge in [-0.2, -0.15) is 0 Å². The van der Waals surface area contributed by atoms with E-state index < -0.39 is 22.9 Å². The summed E-state index contributed by atoms with van der Waals surface area (Å²) in [6, 6.07) is 15.9. The van der Waals surface area contributed by atoms with Crippen molar-refractivity contribution in [2.75, 3.05) is 12.4 Å². The maximum atomic E-state index is 14.6. The van der Waals surface area contributed by atoms with E-state index in [0.717, 1.165) is 25.8 Å². The molecule has 0 atom stereocenters. The van der Waals surface area contributed by atoms with Gasteiger partial charge in [-0.1, -0.05) is 18.2 Å². The molecular weight excluding hydrogens is 503 g/mol. The zero-order valence-electron chi connectivity index (χ0n) is 15.8. The fraction of sp³-hybridized carbons (Fsp3) is 0.0909. The molecule has 152 valence electrons. The number of methoxy groups -OCH3 is 1. The molecule has 3 aromatic carbocycles. The third-order valence-corrected chi connectivity index (χ3v) is 5.27.